The van der Waals surface area contributed by atoms with Gasteiger partial charge in [-0.15, -0.1) is 0 Å². The van der Waals surface area contributed by atoms with Crippen LogP contribution in [0.25, 0.3) is 10.8 Å². The summed E-state index contributed by atoms with van der Waals surface area (Å²) in [5, 5.41) is 19.0. The molecule has 1 heterocycles. The van der Waals surface area contributed by atoms with Crippen LogP contribution in [0.4, 0.5) is 11.6 Å². The van der Waals surface area contributed by atoms with Crippen LogP contribution in [0.1, 0.15) is 41.6 Å². The lowest BCUT2D eigenvalue weighted by Crippen LogP contribution is -2.16. The first-order valence-electron chi connectivity index (χ1n) is 11.7. The van der Waals surface area contributed by atoms with E-state index in [1.807, 2.05) is 30.3 Å². The predicted molar refractivity (Wildman–Crippen MR) is 139 cm³/mol. The molecule has 1 aliphatic rings. The number of nitrogens with zero attached hydrogens (tertiary/aromatic N) is 1. The minimum Gasteiger partial charge on any atom is -0.478 e. The number of fused-ring (bicyclic) bond motifs is 1. The van der Waals surface area contributed by atoms with Crippen molar-refractivity contribution in [3.8, 4) is 0 Å². The summed E-state index contributed by atoms with van der Waals surface area (Å²) >= 11 is 1.48. The highest BCUT2D eigenvalue weighted by Gasteiger charge is 2.17. The van der Waals surface area contributed by atoms with E-state index >= 15 is 0 Å². The molecule has 1 aliphatic carbocycles. The molecule has 0 bridgehead atoms. The van der Waals surface area contributed by atoms with Crippen LogP contribution in [0.15, 0.2) is 88.7 Å². The second-order valence-electron chi connectivity index (χ2n) is 8.57. The smallest absolute Gasteiger partial charge is 0.336 e. The molecule has 1 saturated carbocycles. The van der Waals surface area contributed by atoms with E-state index in [1.165, 1.54) is 37.4 Å². The molecule has 3 aromatic carbocycles. The Labute approximate surface area is 203 Å². The van der Waals surface area contributed by atoms with Gasteiger partial charge in [0.15, 0.2) is 0 Å². The van der Waals surface area contributed by atoms with Gasteiger partial charge in [-0.3, -0.25) is 0 Å². The van der Waals surface area contributed by atoms with E-state index in [2.05, 4.69) is 47.0 Å². The Balaban J connectivity index is 1.38. The molecule has 5 nitrogen and oxygen atoms in total. The molecule has 6 heteroatoms. The number of nitrogens with one attached hydrogen (secondary N) is 2. The Morgan fingerprint density at radius 3 is 2.47 bits per heavy atom. The summed E-state index contributed by atoms with van der Waals surface area (Å²) < 4.78 is 0. The van der Waals surface area contributed by atoms with Crippen molar-refractivity contribution in [3.63, 3.8) is 0 Å². The maximum atomic E-state index is 11.6. The van der Waals surface area contributed by atoms with Gasteiger partial charge in [-0.2, -0.15) is 0 Å². The number of pyridine rings is 1. The highest BCUT2D eigenvalue weighted by atomic mass is 32.2. The summed E-state index contributed by atoms with van der Waals surface area (Å²) in [6.07, 6.45) is 4.92. The molecule has 0 atom stereocenters. The van der Waals surface area contributed by atoms with Crippen molar-refractivity contribution in [3.05, 3.63) is 90.0 Å². The van der Waals surface area contributed by atoms with Crippen LogP contribution in [0.3, 0.4) is 0 Å². The Bertz CT molecular complexity index is 1320. The summed E-state index contributed by atoms with van der Waals surface area (Å²) in [4.78, 5) is 18.3. The van der Waals surface area contributed by atoms with Crippen LogP contribution in [-0.2, 0) is 6.54 Å². The molecule has 5 rings (SSSR count). The standard InChI is InChI=1S/C28H27N3O2S/c32-28(33)23-14-6-8-16-25(23)34-24-15-7-2-10-20(24)18-29-26-17-19-9-1-5-13-22(19)27(31-26)30-21-11-3-4-12-21/h1-2,5-10,13-17,21H,3-4,11-12,18H2,(H,32,33)(H2,29,30,31). The van der Waals surface area contributed by atoms with Crippen molar-refractivity contribution < 1.29 is 9.90 Å². The van der Waals surface area contributed by atoms with Gasteiger partial charge in [0.2, 0.25) is 0 Å². The van der Waals surface area contributed by atoms with Crippen LogP contribution in [0, 0.1) is 0 Å². The molecule has 1 aromatic heterocycles. The lowest BCUT2D eigenvalue weighted by atomic mass is 10.1. The molecule has 1 fully saturated rings. The third kappa shape index (κ3) is 5.02. The maximum absolute atomic E-state index is 11.6. The average Bonchev–Trinajstić information content (AvgIpc) is 3.37. The Hall–Kier alpha value is -3.51. The zero-order valence-corrected chi connectivity index (χ0v) is 19.6. The summed E-state index contributed by atoms with van der Waals surface area (Å²) in [5.41, 5.74) is 1.40. The van der Waals surface area contributed by atoms with Gasteiger partial charge < -0.3 is 15.7 Å². The fraction of sp³-hybridized carbons (Fsp3) is 0.214. The first-order chi connectivity index (χ1) is 16.7. The zero-order chi connectivity index (χ0) is 23.3. The number of aromatic nitrogens is 1. The third-order valence-electron chi connectivity index (χ3n) is 6.21. The number of benzene rings is 3. The fourth-order valence-corrected chi connectivity index (χ4v) is 5.52. The monoisotopic (exact) mass is 469 g/mol. The third-order valence-corrected chi connectivity index (χ3v) is 7.40. The average molecular weight is 470 g/mol. The van der Waals surface area contributed by atoms with E-state index in [9.17, 15) is 9.90 Å². The Morgan fingerprint density at radius 2 is 1.65 bits per heavy atom. The highest BCUT2D eigenvalue weighted by Crippen LogP contribution is 2.34. The van der Waals surface area contributed by atoms with Gasteiger partial charge in [0.05, 0.1) is 5.56 Å². The van der Waals surface area contributed by atoms with Crippen molar-refractivity contribution in [1.29, 1.82) is 0 Å². The molecule has 172 valence electrons. The fourth-order valence-electron chi connectivity index (χ4n) is 4.45. The SMILES string of the molecule is O=C(O)c1ccccc1Sc1ccccc1CNc1cc2ccccc2c(NC2CCCC2)n1. The minimum absolute atomic E-state index is 0.314. The zero-order valence-electron chi connectivity index (χ0n) is 18.8. The van der Waals surface area contributed by atoms with E-state index in [1.54, 1.807) is 12.1 Å². The van der Waals surface area contributed by atoms with E-state index in [0.717, 1.165) is 37.8 Å². The highest BCUT2D eigenvalue weighted by molar-refractivity contribution is 7.99. The quantitative estimate of drug-likeness (QED) is 0.257. The van der Waals surface area contributed by atoms with Gasteiger partial charge in [-0.25, -0.2) is 9.78 Å². The van der Waals surface area contributed by atoms with E-state index < -0.39 is 5.97 Å². The van der Waals surface area contributed by atoms with Crippen molar-refractivity contribution in [2.75, 3.05) is 10.6 Å². The maximum Gasteiger partial charge on any atom is 0.336 e. The predicted octanol–water partition coefficient (Wildman–Crippen LogP) is 7.05. The second-order valence-corrected chi connectivity index (χ2v) is 9.65. The molecule has 0 amide bonds. The number of carboxylic acid groups (broad SMARTS) is 1. The molecular weight excluding hydrogens is 442 g/mol. The number of carboxylic acids is 1. The number of anilines is 2. The van der Waals surface area contributed by atoms with E-state index in [4.69, 9.17) is 4.98 Å². The summed E-state index contributed by atoms with van der Waals surface area (Å²) in [6.45, 7) is 0.590. The van der Waals surface area contributed by atoms with E-state index in [0.29, 0.717) is 18.2 Å². The Morgan fingerprint density at radius 1 is 0.941 bits per heavy atom. The first kappa shape index (κ1) is 22.3. The second kappa shape index (κ2) is 10.2. The first-order valence-corrected chi connectivity index (χ1v) is 12.5. The molecule has 3 N–H and O–H groups in total. The van der Waals surface area contributed by atoms with Crippen molar-refractivity contribution >= 4 is 40.1 Å². The molecular formula is C28H27N3O2S. The van der Waals surface area contributed by atoms with Crippen LogP contribution in [0.5, 0.6) is 0 Å². The summed E-state index contributed by atoms with van der Waals surface area (Å²) in [7, 11) is 0. The molecule has 0 unspecified atom stereocenters. The van der Waals surface area contributed by atoms with Crippen LogP contribution in [-0.4, -0.2) is 22.1 Å². The number of aromatic carboxylic acids is 1. The molecule has 0 radical (unpaired) electrons. The lowest BCUT2D eigenvalue weighted by molar-refractivity contribution is 0.0693. The van der Waals surface area contributed by atoms with Crippen LogP contribution in [0.2, 0.25) is 0 Å². The minimum atomic E-state index is -0.915. The van der Waals surface area contributed by atoms with Crippen molar-refractivity contribution in [2.45, 2.75) is 48.1 Å². The summed E-state index contributed by atoms with van der Waals surface area (Å²) in [6, 6.07) is 26.1. The largest absolute Gasteiger partial charge is 0.478 e. The number of rotatable bonds is 8. The van der Waals surface area contributed by atoms with Gasteiger partial charge in [0.1, 0.15) is 11.6 Å². The van der Waals surface area contributed by atoms with Gasteiger partial charge in [-0.05, 0) is 48.1 Å². The van der Waals surface area contributed by atoms with Gasteiger partial charge in [0, 0.05) is 27.8 Å². The van der Waals surface area contributed by atoms with Crippen LogP contribution < -0.4 is 10.6 Å². The number of carbonyl (C=O) groups is 1. The molecule has 4 aromatic rings. The lowest BCUT2D eigenvalue weighted by Gasteiger charge is -2.17. The van der Waals surface area contributed by atoms with Gasteiger partial charge >= 0.3 is 5.97 Å². The molecule has 0 saturated heterocycles. The topological polar surface area (TPSA) is 74.2 Å². The molecule has 34 heavy (non-hydrogen) atoms. The summed E-state index contributed by atoms with van der Waals surface area (Å²) in [5.74, 6) is 0.844. The van der Waals surface area contributed by atoms with Gasteiger partial charge in [0.25, 0.3) is 0 Å². The number of hydrogen-bond donors (Lipinski definition) is 3. The van der Waals surface area contributed by atoms with Gasteiger partial charge in [-0.1, -0.05) is 79.2 Å². The van der Waals surface area contributed by atoms with Crippen molar-refractivity contribution in [2.24, 2.45) is 0 Å². The van der Waals surface area contributed by atoms with E-state index in [-0.39, 0.29) is 0 Å². The number of hydrogen-bond acceptors (Lipinski definition) is 5. The van der Waals surface area contributed by atoms with Crippen molar-refractivity contribution in [1.82, 2.24) is 4.98 Å². The Kier molecular flexibility index (Phi) is 6.67. The normalized spacial score (nSPS) is 13.8. The van der Waals surface area contributed by atoms with Crippen LogP contribution >= 0.6 is 11.8 Å². The molecule has 0 spiro atoms. The molecule has 0 aliphatic heterocycles.